The summed E-state index contributed by atoms with van der Waals surface area (Å²) in [6.07, 6.45) is -6.78. The molecule has 2 aromatic carbocycles. The summed E-state index contributed by atoms with van der Waals surface area (Å²) < 4.78 is 106. The normalized spacial score (nSPS) is 13.0. The number of halogens is 6. The summed E-state index contributed by atoms with van der Waals surface area (Å²) in [4.78, 5) is 32.3. The van der Waals surface area contributed by atoms with E-state index in [1.807, 2.05) is 12.1 Å². The van der Waals surface area contributed by atoms with Crippen molar-refractivity contribution in [2.24, 2.45) is 0 Å². The van der Waals surface area contributed by atoms with Gasteiger partial charge in [0.2, 0.25) is 5.60 Å². The lowest BCUT2D eigenvalue weighted by Gasteiger charge is -2.31. The zero-order valence-corrected chi connectivity index (χ0v) is 31.7. The van der Waals surface area contributed by atoms with Crippen LogP contribution in [0.2, 0.25) is 0 Å². The van der Waals surface area contributed by atoms with Crippen molar-refractivity contribution in [2.45, 2.75) is 83.2 Å². The molecule has 2 amide bonds. The van der Waals surface area contributed by atoms with Crippen LogP contribution < -0.4 is 5.32 Å². The van der Waals surface area contributed by atoms with E-state index in [-0.39, 0.29) is 19.5 Å². The Hall–Kier alpha value is -5.77. The molecular formula is C41H43F6N5O5. The van der Waals surface area contributed by atoms with Gasteiger partial charge in [-0.05, 0) is 62.8 Å². The maximum atomic E-state index is 15.0. The van der Waals surface area contributed by atoms with Crippen LogP contribution in [0.5, 0.6) is 0 Å². The molecule has 304 valence electrons. The highest BCUT2D eigenvalue weighted by molar-refractivity contribution is 5.97. The number of rotatable bonds is 17. The van der Waals surface area contributed by atoms with E-state index in [1.165, 1.54) is 39.0 Å². The topological polar surface area (TPSA) is 120 Å². The molecule has 0 bridgehead atoms. The quantitative estimate of drug-likeness (QED) is 0.0828. The van der Waals surface area contributed by atoms with Crippen molar-refractivity contribution in [3.8, 4) is 11.6 Å². The number of carbonyl (C=O) groups excluding carboxylic acids is 2. The van der Waals surface area contributed by atoms with Crippen molar-refractivity contribution in [2.75, 3.05) is 11.9 Å². The molecule has 0 spiro atoms. The summed E-state index contributed by atoms with van der Waals surface area (Å²) in [5, 5.41) is 9.49. The van der Waals surface area contributed by atoms with Gasteiger partial charge in [-0.3, -0.25) is 10.1 Å². The molecule has 10 nitrogen and oxygen atoms in total. The van der Waals surface area contributed by atoms with Crippen molar-refractivity contribution in [3.63, 3.8) is 0 Å². The number of anilines is 1. The number of allylic oxidation sites excluding steroid dienone is 1. The molecular weight excluding hydrogens is 756 g/mol. The van der Waals surface area contributed by atoms with Crippen molar-refractivity contribution in [1.82, 2.24) is 20.1 Å². The first-order valence-electron chi connectivity index (χ1n) is 17.7. The monoisotopic (exact) mass is 799 g/mol. The van der Waals surface area contributed by atoms with Crippen molar-refractivity contribution < 1.29 is 49.8 Å². The van der Waals surface area contributed by atoms with E-state index in [0.29, 0.717) is 23.6 Å². The minimum Gasteiger partial charge on any atom is -0.444 e. The number of hydrogen-bond acceptors (Lipinski definition) is 8. The van der Waals surface area contributed by atoms with Crippen LogP contribution in [-0.2, 0) is 40.8 Å². The molecule has 16 heteroatoms. The van der Waals surface area contributed by atoms with Crippen molar-refractivity contribution in [1.29, 1.82) is 0 Å². The summed E-state index contributed by atoms with van der Waals surface area (Å²) >= 11 is 0. The first-order chi connectivity index (χ1) is 26.8. The van der Waals surface area contributed by atoms with Crippen molar-refractivity contribution in [3.05, 3.63) is 132 Å². The van der Waals surface area contributed by atoms with Gasteiger partial charge in [0.25, 0.3) is 17.7 Å². The molecule has 1 N–H and O–H groups in total. The van der Waals surface area contributed by atoms with Crippen LogP contribution in [0.25, 0.3) is 11.6 Å². The van der Waals surface area contributed by atoms with Gasteiger partial charge in [0.15, 0.2) is 5.69 Å². The number of carbonyl (C=O) groups is 2. The Kier molecular flexibility index (Phi) is 14.2. The summed E-state index contributed by atoms with van der Waals surface area (Å²) in [7, 11) is 0. The summed E-state index contributed by atoms with van der Waals surface area (Å²) in [6, 6.07) is 15.5. The zero-order valence-electron chi connectivity index (χ0n) is 31.7. The third-order valence-corrected chi connectivity index (χ3v) is 8.28. The van der Waals surface area contributed by atoms with Crippen LogP contribution in [0.4, 0.5) is 36.8 Å². The molecule has 4 rings (SSSR count). The number of aromatic nitrogens is 3. The van der Waals surface area contributed by atoms with Crippen LogP contribution in [0.1, 0.15) is 78.7 Å². The SMILES string of the molecule is C=CCCc1ccc(CN(CCC=C)C(=O)c2nc(-c3nnc(C(CC=C)(OCc4ccccc4)C(F)(F)F)o3)c(NC(=O)OC(C)(C)C)cc2C(F)(F)F)cc1. The molecule has 57 heavy (non-hydrogen) atoms. The Morgan fingerprint density at radius 2 is 1.51 bits per heavy atom. The minimum atomic E-state index is -5.22. The summed E-state index contributed by atoms with van der Waals surface area (Å²) in [6.45, 7) is 14.5. The van der Waals surface area contributed by atoms with E-state index < -0.39 is 83.0 Å². The summed E-state index contributed by atoms with van der Waals surface area (Å²) in [5.41, 5.74) is -6.66. The molecule has 2 aromatic heterocycles. The maximum absolute atomic E-state index is 15.0. The highest BCUT2D eigenvalue weighted by Gasteiger charge is 2.61. The van der Waals surface area contributed by atoms with E-state index in [1.54, 1.807) is 36.4 Å². The number of alkyl halides is 6. The van der Waals surface area contributed by atoms with E-state index in [9.17, 15) is 35.9 Å². The highest BCUT2D eigenvalue weighted by atomic mass is 19.4. The van der Waals surface area contributed by atoms with E-state index in [4.69, 9.17) is 13.9 Å². The van der Waals surface area contributed by atoms with Gasteiger partial charge in [-0.1, -0.05) is 72.8 Å². The molecule has 0 aliphatic carbocycles. The Balaban J connectivity index is 1.90. The van der Waals surface area contributed by atoms with Crippen LogP contribution >= 0.6 is 0 Å². The fourth-order valence-electron chi connectivity index (χ4n) is 5.51. The van der Waals surface area contributed by atoms with Gasteiger partial charge in [-0.15, -0.1) is 29.9 Å². The predicted molar refractivity (Wildman–Crippen MR) is 201 cm³/mol. The maximum Gasteiger partial charge on any atom is 0.426 e. The predicted octanol–water partition coefficient (Wildman–Crippen LogP) is 10.4. The second-order valence-corrected chi connectivity index (χ2v) is 13.9. The molecule has 0 saturated heterocycles. The molecule has 0 aliphatic heterocycles. The van der Waals surface area contributed by atoms with Gasteiger partial charge in [-0.2, -0.15) is 26.3 Å². The summed E-state index contributed by atoms with van der Waals surface area (Å²) in [5.74, 6) is -3.19. The molecule has 0 saturated carbocycles. The second kappa shape index (κ2) is 18.4. The van der Waals surface area contributed by atoms with Crippen LogP contribution in [-0.4, -0.2) is 50.4 Å². The molecule has 1 unspecified atom stereocenters. The fourth-order valence-corrected chi connectivity index (χ4v) is 5.51. The number of aryl methyl sites for hydroxylation is 1. The van der Waals surface area contributed by atoms with Gasteiger partial charge in [0.05, 0.1) is 17.9 Å². The van der Waals surface area contributed by atoms with E-state index >= 15 is 0 Å². The Labute approximate surface area is 326 Å². The van der Waals surface area contributed by atoms with Gasteiger partial charge in [0, 0.05) is 19.5 Å². The molecule has 0 radical (unpaired) electrons. The van der Waals surface area contributed by atoms with Crippen LogP contribution in [0.15, 0.2) is 103 Å². The van der Waals surface area contributed by atoms with E-state index in [0.717, 1.165) is 23.0 Å². The van der Waals surface area contributed by atoms with Crippen LogP contribution in [0, 0.1) is 0 Å². The lowest BCUT2D eigenvalue weighted by Crippen LogP contribution is -2.45. The molecule has 0 aliphatic rings. The Morgan fingerprint density at radius 3 is 2.09 bits per heavy atom. The largest absolute Gasteiger partial charge is 0.444 e. The molecule has 2 heterocycles. The van der Waals surface area contributed by atoms with Gasteiger partial charge >= 0.3 is 18.4 Å². The molecule has 4 aromatic rings. The number of nitrogens with zero attached hydrogens (tertiary/aromatic N) is 4. The first-order valence-corrected chi connectivity index (χ1v) is 17.7. The lowest BCUT2D eigenvalue weighted by atomic mass is 9.98. The second-order valence-electron chi connectivity index (χ2n) is 13.9. The lowest BCUT2D eigenvalue weighted by molar-refractivity contribution is -0.295. The number of nitrogens with one attached hydrogen (secondary N) is 1. The Morgan fingerprint density at radius 1 is 0.860 bits per heavy atom. The fraction of sp³-hybridized carbons (Fsp3) is 0.341. The number of benzene rings is 2. The molecule has 1 atom stereocenters. The van der Waals surface area contributed by atoms with Gasteiger partial charge in [0.1, 0.15) is 11.3 Å². The van der Waals surface area contributed by atoms with E-state index in [2.05, 4.69) is 40.2 Å². The highest BCUT2D eigenvalue weighted by Crippen LogP contribution is 2.46. The minimum absolute atomic E-state index is 0.0775. The molecule has 0 fully saturated rings. The van der Waals surface area contributed by atoms with Crippen LogP contribution in [0.3, 0.4) is 0 Å². The van der Waals surface area contributed by atoms with Crippen molar-refractivity contribution >= 4 is 17.7 Å². The average Bonchev–Trinajstić information content (AvgIpc) is 3.63. The standard InChI is InChI=1S/C41H43F6N5O5/c1-7-10-15-27-18-20-28(21-19-27)25-52(23-11-8-2)35(53)32-30(40(42,43)44)24-31(48-37(54)57-38(4,5)6)33(49-32)34-50-51-36(56-34)39(22-9-3,41(45,46)47)55-26-29-16-13-12-14-17-29/h7-9,12-14,16-21,24H,1-3,10-11,15,22-23,25-26H2,4-6H3,(H,48,54). The van der Waals surface area contributed by atoms with Gasteiger partial charge in [-0.25, -0.2) is 9.78 Å². The zero-order chi connectivity index (χ0) is 42.0. The number of hydrogen-bond donors (Lipinski definition) is 1. The smallest absolute Gasteiger partial charge is 0.426 e. The Bertz CT molecular complexity index is 2020. The number of pyridine rings is 1. The third kappa shape index (κ3) is 11.4. The third-order valence-electron chi connectivity index (χ3n) is 8.28. The van der Waals surface area contributed by atoms with Gasteiger partial charge < -0.3 is 18.8 Å². The number of ether oxygens (including phenoxy) is 2. The average molecular weight is 800 g/mol. The first kappa shape index (κ1) is 44.0. The number of amides is 2.